The predicted octanol–water partition coefficient (Wildman–Crippen LogP) is 6.27. The van der Waals surface area contributed by atoms with Gasteiger partial charge in [0.15, 0.2) is 5.13 Å². The number of unbranched alkanes of at least 4 members (excludes halogenated alkanes) is 2. The third kappa shape index (κ3) is 3.99. The van der Waals surface area contributed by atoms with Crippen LogP contribution in [0.25, 0.3) is 21.0 Å². The number of nitrogens with one attached hydrogen (secondary N) is 1. The maximum Gasteiger partial charge on any atom is 0.257 e. The molecule has 4 rings (SSSR count). The van der Waals surface area contributed by atoms with Crippen molar-refractivity contribution in [1.29, 1.82) is 0 Å². The van der Waals surface area contributed by atoms with Crippen LogP contribution < -0.4 is 10.1 Å². The Morgan fingerprint density at radius 1 is 1.04 bits per heavy atom. The predicted molar refractivity (Wildman–Crippen MR) is 117 cm³/mol. The first-order valence-corrected chi connectivity index (χ1v) is 10.4. The summed E-state index contributed by atoms with van der Waals surface area (Å²) < 4.78 is 6.76. The molecule has 0 saturated heterocycles. The van der Waals surface area contributed by atoms with Gasteiger partial charge in [-0.1, -0.05) is 61.4 Å². The molecule has 0 saturated carbocycles. The fourth-order valence-corrected chi connectivity index (χ4v) is 4.01. The van der Waals surface area contributed by atoms with Crippen molar-refractivity contribution in [2.45, 2.75) is 26.2 Å². The molecular formula is C23H22N2O2S. The molecule has 4 aromatic rings. The van der Waals surface area contributed by atoms with Crippen molar-refractivity contribution >= 4 is 43.4 Å². The zero-order valence-electron chi connectivity index (χ0n) is 15.8. The van der Waals surface area contributed by atoms with E-state index >= 15 is 0 Å². The number of nitrogens with zero attached hydrogens (tertiary/aromatic N) is 1. The van der Waals surface area contributed by atoms with Gasteiger partial charge >= 0.3 is 0 Å². The van der Waals surface area contributed by atoms with Crippen LogP contribution in [0.1, 0.15) is 36.5 Å². The fourth-order valence-electron chi connectivity index (χ4n) is 3.13. The van der Waals surface area contributed by atoms with Crippen molar-refractivity contribution in [2.24, 2.45) is 0 Å². The summed E-state index contributed by atoms with van der Waals surface area (Å²) >= 11 is 1.49. The van der Waals surface area contributed by atoms with E-state index in [1.54, 1.807) is 12.1 Å². The Kier molecular flexibility index (Phi) is 5.53. The number of carbonyl (C=O) groups excluding carboxylic acids is 1. The van der Waals surface area contributed by atoms with E-state index in [9.17, 15) is 4.79 Å². The Balaban J connectivity index is 1.46. The molecule has 0 aliphatic carbocycles. The summed E-state index contributed by atoms with van der Waals surface area (Å²) in [7, 11) is 0. The van der Waals surface area contributed by atoms with Gasteiger partial charge in [0.05, 0.1) is 16.8 Å². The molecule has 0 bridgehead atoms. The molecule has 5 heteroatoms. The molecule has 142 valence electrons. The van der Waals surface area contributed by atoms with E-state index in [1.807, 2.05) is 24.3 Å². The molecule has 0 aliphatic rings. The fraction of sp³-hybridized carbons (Fsp3) is 0.217. The summed E-state index contributed by atoms with van der Waals surface area (Å²) in [6, 6.07) is 19.5. The SMILES string of the molecule is CCCCCOc1ccc(C(=O)Nc2nc3c(ccc4ccccc43)s2)cc1. The van der Waals surface area contributed by atoms with Gasteiger partial charge in [0.25, 0.3) is 5.91 Å². The molecule has 1 amide bonds. The number of hydrogen-bond donors (Lipinski definition) is 1. The highest BCUT2D eigenvalue weighted by atomic mass is 32.1. The van der Waals surface area contributed by atoms with Crippen LogP contribution in [-0.4, -0.2) is 17.5 Å². The molecule has 0 radical (unpaired) electrons. The van der Waals surface area contributed by atoms with Gasteiger partial charge in [0.2, 0.25) is 0 Å². The summed E-state index contributed by atoms with van der Waals surface area (Å²) in [5, 5.41) is 5.77. The highest BCUT2D eigenvalue weighted by Gasteiger charge is 2.12. The van der Waals surface area contributed by atoms with Crippen molar-refractivity contribution in [3.05, 3.63) is 66.2 Å². The van der Waals surface area contributed by atoms with Crippen molar-refractivity contribution in [3.8, 4) is 5.75 Å². The zero-order chi connectivity index (χ0) is 19.3. The summed E-state index contributed by atoms with van der Waals surface area (Å²) in [5.74, 6) is 0.625. The normalized spacial score (nSPS) is 11.0. The van der Waals surface area contributed by atoms with Gasteiger partial charge in [-0.05, 0) is 42.1 Å². The number of fused-ring (bicyclic) bond motifs is 3. The van der Waals surface area contributed by atoms with E-state index in [2.05, 4.69) is 41.5 Å². The van der Waals surface area contributed by atoms with E-state index < -0.39 is 0 Å². The molecule has 3 aromatic carbocycles. The van der Waals surface area contributed by atoms with Crippen LogP contribution in [0, 0.1) is 0 Å². The second-order valence-electron chi connectivity index (χ2n) is 6.69. The van der Waals surface area contributed by atoms with Crippen LogP contribution >= 0.6 is 11.3 Å². The second-order valence-corrected chi connectivity index (χ2v) is 7.72. The molecule has 1 heterocycles. The molecular weight excluding hydrogens is 368 g/mol. The Hall–Kier alpha value is -2.92. The Bertz CT molecular complexity index is 1100. The summed E-state index contributed by atoms with van der Waals surface area (Å²) in [4.78, 5) is 17.2. The molecule has 0 fully saturated rings. The lowest BCUT2D eigenvalue weighted by atomic mass is 10.1. The third-order valence-electron chi connectivity index (χ3n) is 4.64. The Labute approximate surface area is 168 Å². The summed E-state index contributed by atoms with van der Waals surface area (Å²) in [6.07, 6.45) is 3.38. The van der Waals surface area contributed by atoms with E-state index in [1.165, 1.54) is 17.8 Å². The lowest BCUT2D eigenvalue weighted by molar-refractivity contribution is 0.102. The van der Waals surface area contributed by atoms with Crippen LogP contribution in [0.4, 0.5) is 5.13 Å². The summed E-state index contributed by atoms with van der Waals surface area (Å²) in [5.41, 5.74) is 1.51. The second kappa shape index (κ2) is 8.40. The number of carbonyl (C=O) groups is 1. The minimum Gasteiger partial charge on any atom is -0.494 e. The van der Waals surface area contributed by atoms with Gasteiger partial charge < -0.3 is 4.74 Å². The van der Waals surface area contributed by atoms with Crippen molar-refractivity contribution < 1.29 is 9.53 Å². The smallest absolute Gasteiger partial charge is 0.257 e. The summed E-state index contributed by atoms with van der Waals surface area (Å²) in [6.45, 7) is 2.88. The number of hydrogen-bond acceptors (Lipinski definition) is 4. The number of thiazole rings is 1. The topological polar surface area (TPSA) is 51.2 Å². The number of benzene rings is 3. The van der Waals surface area contributed by atoms with Gasteiger partial charge in [0, 0.05) is 10.9 Å². The Morgan fingerprint density at radius 3 is 2.68 bits per heavy atom. The van der Waals surface area contributed by atoms with Crippen molar-refractivity contribution in [2.75, 3.05) is 11.9 Å². The van der Waals surface area contributed by atoms with Crippen LogP contribution in [0.5, 0.6) is 5.75 Å². The average Bonchev–Trinajstić information content (AvgIpc) is 3.14. The van der Waals surface area contributed by atoms with E-state index in [-0.39, 0.29) is 5.91 Å². The maximum absolute atomic E-state index is 12.6. The van der Waals surface area contributed by atoms with Gasteiger partial charge in [-0.25, -0.2) is 4.98 Å². The first-order chi connectivity index (χ1) is 13.7. The average molecular weight is 391 g/mol. The Morgan fingerprint density at radius 2 is 1.86 bits per heavy atom. The van der Waals surface area contributed by atoms with Crippen molar-refractivity contribution in [1.82, 2.24) is 4.98 Å². The standard InChI is InChI=1S/C23H22N2O2S/c1-2-3-6-15-27-18-12-9-17(10-13-18)22(26)25-23-24-21-19-8-5-4-7-16(19)11-14-20(21)28-23/h4-5,7-14H,2-3,6,15H2,1H3,(H,24,25,26). The van der Waals surface area contributed by atoms with Crippen LogP contribution in [0.3, 0.4) is 0 Å². The van der Waals surface area contributed by atoms with E-state index in [0.717, 1.165) is 39.6 Å². The highest BCUT2D eigenvalue weighted by Crippen LogP contribution is 2.31. The molecule has 0 spiro atoms. The molecule has 0 atom stereocenters. The number of amides is 1. The van der Waals surface area contributed by atoms with Crippen LogP contribution in [-0.2, 0) is 0 Å². The number of ether oxygens (including phenoxy) is 1. The van der Waals surface area contributed by atoms with Crippen molar-refractivity contribution in [3.63, 3.8) is 0 Å². The first-order valence-electron chi connectivity index (χ1n) is 9.57. The van der Waals surface area contributed by atoms with Gasteiger partial charge in [-0.2, -0.15) is 0 Å². The first kappa shape index (κ1) is 18.4. The highest BCUT2D eigenvalue weighted by molar-refractivity contribution is 7.22. The molecule has 28 heavy (non-hydrogen) atoms. The monoisotopic (exact) mass is 390 g/mol. The number of aromatic nitrogens is 1. The van der Waals surface area contributed by atoms with E-state index in [4.69, 9.17) is 4.74 Å². The molecule has 1 N–H and O–H groups in total. The molecule has 1 aromatic heterocycles. The lowest BCUT2D eigenvalue weighted by Gasteiger charge is -2.06. The minimum atomic E-state index is -0.166. The molecule has 0 aliphatic heterocycles. The van der Waals surface area contributed by atoms with Gasteiger partial charge in [-0.15, -0.1) is 0 Å². The maximum atomic E-state index is 12.6. The van der Waals surface area contributed by atoms with Crippen LogP contribution in [0.15, 0.2) is 60.7 Å². The zero-order valence-corrected chi connectivity index (χ0v) is 16.6. The van der Waals surface area contributed by atoms with Gasteiger partial charge in [0.1, 0.15) is 5.75 Å². The number of anilines is 1. The third-order valence-corrected chi connectivity index (χ3v) is 5.57. The largest absolute Gasteiger partial charge is 0.494 e. The molecule has 0 unspecified atom stereocenters. The molecule has 4 nitrogen and oxygen atoms in total. The quantitative estimate of drug-likeness (QED) is 0.378. The van der Waals surface area contributed by atoms with Crippen LogP contribution in [0.2, 0.25) is 0 Å². The van der Waals surface area contributed by atoms with E-state index in [0.29, 0.717) is 17.3 Å². The minimum absolute atomic E-state index is 0.166. The van der Waals surface area contributed by atoms with Gasteiger partial charge in [-0.3, -0.25) is 10.1 Å². The lowest BCUT2D eigenvalue weighted by Crippen LogP contribution is -2.11. The number of rotatable bonds is 7.